The summed E-state index contributed by atoms with van der Waals surface area (Å²) in [6.07, 6.45) is 5.29. The van der Waals surface area contributed by atoms with Crippen molar-refractivity contribution in [1.82, 2.24) is 20.4 Å². The molecule has 0 aliphatic carbocycles. The highest BCUT2D eigenvalue weighted by Crippen LogP contribution is 2.15. The average molecular weight is 252 g/mol. The molecule has 2 heterocycles. The standard InChI is InChI=1S/C13H24N4O/c1-11-6-3-4-8-17(11)9-5-7-14-10-13-16-15-12(2)18-13/h11,14H,3-10H2,1-2H3. The van der Waals surface area contributed by atoms with Gasteiger partial charge in [0.15, 0.2) is 0 Å². The van der Waals surface area contributed by atoms with E-state index in [4.69, 9.17) is 4.42 Å². The Morgan fingerprint density at radius 3 is 3.00 bits per heavy atom. The van der Waals surface area contributed by atoms with Crippen LogP contribution in [0.25, 0.3) is 0 Å². The zero-order chi connectivity index (χ0) is 12.8. The highest BCUT2D eigenvalue weighted by molar-refractivity contribution is 4.78. The molecule has 102 valence electrons. The van der Waals surface area contributed by atoms with Crippen molar-refractivity contribution in [2.24, 2.45) is 0 Å². The molecule has 2 rings (SSSR count). The van der Waals surface area contributed by atoms with Crippen molar-refractivity contribution in [3.8, 4) is 0 Å². The summed E-state index contributed by atoms with van der Waals surface area (Å²) in [5.74, 6) is 1.31. The fraction of sp³-hybridized carbons (Fsp3) is 0.846. The fourth-order valence-corrected chi connectivity index (χ4v) is 2.50. The van der Waals surface area contributed by atoms with Crippen LogP contribution in [0.3, 0.4) is 0 Å². The van der Waals surface area contributed by atoms with Crippen LogP contribution >= 0.6 is 0 Å². The van der Waals surface area contributed by atoms with Crippen molar-refractivity contribution >= 4 is 0 Å². The number of aromatic nitrogens is 2. The lowest BCUT2D eigenvalue weighted by Crippen LogP contribution is -2.38. The molecule has 1 aliphatic rings. The summed E-state index contributed by atoms with van der Waals surface area (Å²) in [4.78, 5) is 2.60. The number of rotatable bonds is 6. The topological polar surface area (TPSA) is 54.2 Å². The number of piperidine rings is 1. The van der Waals surface area contributed by atoms with Crippen LogP contribution in [-0.4, -0.2) is 40.8 Å². The molecular weight excluding hydrogens is 228 g/mol. The van der Waals surface area contributed by atoms with Gasteiger partial charge >= 0.3 is 0 Å². The summed E-state index contributed by atoms with van der Waals surface area (Å²) in [5, 5.41) is 11.1. The largest absolute Gasteiger partial charge is 0.424 e. The molecule has 1 aromatic rings. The molecule has 1 atom stereocenters. The highest BCUT2D eigenvalue weighted by atomic mass is 16.4. The Labute approximate surface area is 109 Å². The lowest BCUT2D eigenvalue weighted by Gasteiger charge is -2.33. The molecule has 0 saturated carbocycles. The number of nitrogens with one attached hydrogen (secondary N) is 1. The van der Waals surface area contributed by atoms with E-state index in [1.165, 1.54) is 38.8 Å². The molecule has 1 aromatic heterocycles. The molecule has 0 aromatic carbocycles. The molecular formula is C13H24N4O. The van der Waals surface area contributed by atoms with Crippen LogP contribution in [0, 0.1) is 6.92 Å². The van der Waals surface area contributed by atoms with Crippen LogP contribution < -0.4 is 5.32 Å². The second-order valence-corrected chi connectivity index (χ2v) is 5.13. The van der Waals surface area contributed by atoms with Crippen LogP contribution in [0.2, 0.25) is 0 Å². The molecule has 0 bridgehead atoms. The quantitative estimate of drug-likeness (QED) is 0.781. The van der Waals surface area contributed by atoms with Gasteiger partial charge in [-0.25, -0.2) is 0 Å². The Hall–Kier alpha value is -0.940. The molecule has 1 saturated heterocycles. The fourth-order valence-electron chi connectivity index (χ4n) is 2.50. The third kappa shape index (κ3) is 4.07. The van der Waals surface area contributed by atoms with E-state index in [-0.39, 0.29) is 0 Å². The van der Waals surface area contributed by atoms with Crippen LogP contribution in [0.5, 0.6) is 0 Å². The SMILES string of the molecule is Cc1nnc(CNCCCN2CCCCC2C)o1. The highest BCUT2D eigenvalue weighted by Gasteiger charge is 2.16. The summed E-state index contributed by atoms with van der Waals surface area (Å²) in [7, 11) is 0. The third-order valence-electron chi connectivity index (χ3n) is 3.58. The second-order valence-electron chi connectivity index (χ2n) is 5.13. The molecule has 0 amide bonds. The van der Waals surface area contributed by atoms with E-state index < -0.39 is 0 Å². The van der Waals surface area contributed by atoms with E-state index in [0.717, 1.165) is 12.6 Å². The van der Waals surface area contributed by atoms with Crippen molar-refractivity contribution in [2.45, 2.75) is 52.1 Å². The zero-order valence-electron chi connectivity index (χ0n) is 11.5. The summed E-state index contributed by atoms with van der Waals surface area (Å²) >= 11 is 0. The van der Waals surface area contributed by atoms with Gasteiger partial charge in [0.25, 0.3) is 0 Å². The van der Waals surface area contributed by atoms with Crippen molar-refractivity contribution in [3.63, 3.8) is 0 Å². The predicted octanol–water partition coefficient (Wildman–Crippen LogP) is 1.73. The molecule has 5 nitrogen and oxygen atoms in total. The first kappa shape index (κ1) is 13.5. The van der Waals surface area contributed by atoms with Crippen LogP contribution in [0.4, 0.5) is 0 Å². The summed E-state index contributed by atoms with van der Waals surface area (Å²) < 4.78 is 5.30. The maximum Gasteiger partial charge on any atom is 0.230 e. The van der Waals surface area contributed by atoms with Gasteiger partial charge in [0.05, 0.1) is 6.54 Å². The van der Waals surface area contributed by atoms with Gasteiger partial charge in [0.1, 0.15) is 0 Å². The average Bonchev–Trinajstić information content (AvgIpc) is 2.77. The summed E-state index contributed by atoms with van der Waals surface area (Å²) in [6, 6.07) is 0.761. The number of likely N-dealkylation sites (tertiary alicyclic amines) is 1. The Kier molecular flexibility index (Phi) is 5.13. The molecule has 1 unspecified atom stereocenters. The van der Waals surface area contributed by atoms with Crippen LogP contribution in [-0.2, 0) is 6.54 Å². The first-order valence-corrected chi connectivity index (χ1v) is 6.99. The van der Waals surface area contributed by atoms with Gasteiger partial charge in [0, 0.05) is 13.0 Å². The van der Waals surface area contributed by atoms with Crippen molar-refractivity contribution in [3.05, 3.63) is 11.8 Å². The van der Waals surface area contributed by atoms with E-state index in [0.29, 0.717) is 18.3 Å². The minimum Gasteiger partial charge on any atom is -0.424 e. The van der Waals surface area contributed by atoms with E-state index in [1.54, 1.807) is 0 Å². The van der Waals surface area contributed by atoms with Gasteiger partial charge in [-0.15, -0.1) is 10.2 Å². The maximum atomic E-state index is 5.30. The third-order valence-corrected chi connectivity index (χ3v) is 3.58. The number of aryl methyl sites for hydroxylation is 1. The molecule has 0 radical (unpaired) electrons. The minimum absolute atomic E-state index is 0.633. The number of nitrogens with zero attached hydrogens (tertiary/aromatic N) is 3. The van der Waals surface area contributed by atoms with E-state index >= 15 is 0 Å². The molecule has 1 aliphatic heterocycles. The zero-order valence-corrected chi connectivity index (χ0v) is 11.5. The lowest BCUT2D eigenvalue weighted by atomic mass is 10.0. The summed E-state index contributed by atoms with van der Waals surface area (Å²) in [5.41, 5.74) is 0. The Morgan fingerprint density at radius 2 is 2.28 bits per heavy atom. The maximum absolute atomic E-state index is 5.30. The monoisotopic (exact) mass is 252 g/mol. The van der Waals surface area contributed by atoms with Crippen molar-refractivity contribution in [1.29, 1.82) is 0 Å². The first-order chi connectivity index (χ1) is 8.75. The molecule has 0 spiro atoms. The van der Waals surface area contributed by atoms with E-state index in [9.17, 15) is 0 Å². The van der Waals surface area contributed by atoms with Crippen molar-refractivity contribution < 1.29 is 4.42 Å². The van der Waals surface area contributed by atoms with Gasteiger partial charge in [-0.1, -0.05) is 6.42 Å². The van der Waals surface area contributed by atoms with Gasteiger partial charge in [-0.05, 0) is 45.8 Å². The number of hydrogen-bond donors (Lipinski definition) is 1. The van der Waals surface area contributed by atoms with Gasteiger partial charge in [0.2, 0.25) is 11.8 Å². The first-order valence-electron chi connectivity index (χ1n) is 6.99. The van der Waals surface area contributed by atoms with E-state index in [1.807, 2.05) is 6.92 Å². The second kappa shape index (κ2) is 6.85. The predicted molar refractivity (Wildman–Crippen MR) is 70.2 cm³/mol. The van der Waals surface area contributed by atoms with Crippen molar-refractivity contribution in [2.75, 3.05) is 19.6 Å². The number of hydrogen-bond acceptors (Lipinski definition) is 5. The van der Waals surface area contributed by atoms with Gasteiger partial charge < -0.3 is 14.6 Å². The van der Waals surface area contributed by atoms with E-state index in [2.05, 4.69) is 27.3 Å². The van der Waals surface area contributed by atoms with Gasteiger partial charge in [-0.2, -0.15) is 0 Å². The van der Waals surface area contributed by atoms with Crippen LogP contribution in [0.1, 0.15) is 44.4 Å². The Morgan fingerprint density at radius 1 is 1.39 bits per heavy atom. The summed E-state index contributed by atoms with van der Waals surface area (Å²) in [6.45, 7) is 8.30. The molecule has 1 N–H and O–H groups in total. The Bertz CT molecular complexity index is 353. The smallest absolute Gasteiger partial charge is 0.230 e. The molecule has 18 heavy (non-hydrogen) atoms. The van der Waals surface area contributed by atoms with Crippen LogP contribution in [0.15, 0.2) is 4.42 Å². The minimum atomic E-state index is 0.633. The molecule has 5 heteroatoms. The Balaban J connectivity index is 1.55. The molecule has 1 fully saturated rings. The lowest BCUT2D eigenvalue weighted by molar-refractivity contribution is 0.158. The normalized spacial score (nSPS) is 21.3. The van der Waals surface area contributed by atoms with Gasteiger partial charge in [-0.3, -0.25) is 0 Å².